The van der Waals surface area contributed by atoms with Gasteiger partial charge < -0.3 is 22.1 Å². The summed E-state index contributed by atoms with van der Waals surface area (Å²) in [5, 5.41) is 10.2. The summed E-state index contributed by atoms with van der Waals surface area (Å²) in [6.07, 6.45) is -0.776. The van der Waals surface area contributed by atoms with E-state index < -0.39 is 6.10 Å². The van der Waals surface area contributed by atoms with Crippen LogP contribution in [0.2, 0.25) is 0 Å². The lowest BCUT2D eigenvalue weighted by Gasteiger charge is -2.03. The molecule has 19 heavy (non-hydrogen) atoms. The van der Waals surface area contributed by atoms with Gasteiger partial charge in [0.15, 0.2) is 17.1 Å². The SMILES string of the molecule is OC(c1ccccc1)c1[nH]c2ccc(F)cc2[nH+]1.[Br-]. The van der Waals surface area contributed by atoms with Crippen molar-refractivity contribution in [3.63, 3.8) is 0 Å². The van der Waals surface area contributed by atoms with Crippen LogP contribution < -0.4 is 22.0 Å². The quantitative estimate of drug-likeness (QED) is 0.638. The molecule has 0 aliphatic carbocycles. The second-order valence-electron chi connectivity index (χ2n) is 4.17. The van der Waals surface area contributed by atoms with Crippen molar-refractivity contribution in [3.05, 3.63) is 65.7 Å². The topological polar surface area (TPSA) is 50.2 Å². The molecule has 2 aromatic carbocycles. The molecule has 98 valence electrons. The van der Waals surface area contributed by atoms with Crippen molar-refractivity contribution >= 4 is 11.0 Å². The van der Waals surface area contributed by atoms with Crippen molar-refractivity contribution in [2.24, 2.45) is 0 Å². The van der Waals surface area contributed by atoms with Crippen molar-refractivity contribution in [2.45, 2.75) is 6.10 Å². The van der Waals surface area contributed by atoms with Gasteiger partial charge in [0.25, 0.3) is 5.82 Å². The molecule has 0 spiro atoms. The van der Waals surface area contributed by atoms with E-state index in [1.54, 1.807) is 6.07 Å². The van der Waals surface area contributed by atoms with Gasteiger partial charge in [-0.3, -0.25) is 0 Å². The van der Waals surface area contributed by atoms with Crippen LogP contribution in [0.25, 0.3) is 11.0 Å². The van der Waals surface area contributed by atoms with E-state index >= 15 is 0 Å². The molecule has 0 radical (unpaired) electrons. The van der Waals surface area contributed by atoms with Crippen LogP contribution >= 0.6 is 0 Å². The summed E-state index contributed by atoms with van der Waals surface area (Å²) in [6, 6.07) is 13.7. The fraction of sp³-hybridized carbons (Fsp3) is 0.0714. The van der Waals surface area contributed by atoms with Gasteiger partial charge in [0, 0.05) is 6.07 Å². The van der Waals surface area contributed by atoms with Gasteiger partial charge in [-0.05, 0) is 17.7 Å². The number of halogens is 2. The van der Waals surface area contributed by atoms with Crippen molar-refractivity contribution < 1.29 is 31.5 Å². The molecule has 0 amide bonds. The third-order valence-corrected chi connectivity index (χ3v) is 2.91. The first-order chi connectivity index (χ1) is 8.74. The predicted octanol–water partition coefficient (Wildman–Crippen LogP) is -0.793. The third-order valence-electron chi connectivity index (χ3n) is 2.91. The summed E-state index contributed by atoms with van der Waals surface area (Å²) < 4.78 is 13.1. The number of hydrogen-bond acceptors (Lipinski definition) is 1. The zero-order valence-corrected chi connectivity index (χ0v) is 11.5. The second-order valence-corrected chi connectivity index (χ2v) is 4.17. The van der Waals surface area contributed by atoms with E-state index in [-0.39, 0.29) is 22.8 Å². The highest BCUT2D eigenvalue weighted by molar-refractivity contribution is 5.71. The van der Waals surface area contributed by atoms with Crippen LogP contribution in [0.5, 0.6) is 0 Å². The number of aromatic nitrogens is 2. The number of imidazole rings is 1. The molecule has 0 saturated heterocycles. The molecule has 0 bridgehead atoms. The maximum Gasteiger partial charge on any atom is 0.287 e. The molecule has 1 atom stereocenters. The lowest BCUT2D eigenvalue weighted by atomic mass is 10.1. The van der Waals surface area contributed by atoms with Crippen LogP contribution in [-0.4, -0.2) is 10.1 Å². The van der Waals surface area contributed by atoms with E-state index in [4.69, 9.17) is 0 Å². The first-order valence-corrected chi connectivity index (χ1v) is 5.67. The number of benzene rings is 2. The van der Waals surface area contributed by atoms with E-state index in [2.05, 4.69) is 9.97 Å². The van der Waals surface area contributed by atoms with E-state index in [1.165, 1.54) is 12.1 Å². The molecule has 0 fully saturated rings. The second kappa shape index (κ2) is 5.50. The molecule has 3 aromatic rings. The summed E-state index contributed by atoms with van der Waals surface area (Å²) in [6.45, 7) is 0. The van der Waals surface area contributed by atoms with Gasteiger partial charge in [-0.15, -0.1) is 0 Å². The highest BCUT2D eigenvalue weighted by Gasteiger charge is 2.20. The maximum atomic E-state index is 13.1. The average Bonchev–Trinajstić information content (AvgIpc) is 2.81. The summed E-state index contributed by atoms with van der Waals surface area (Å²) in [5.74, 6) is 0.236. The Labute approximate surface area is 119 Å². The zero-order chi connectivity index (χ0) is 12.5. The minimum absolute atomic E-state index is 0. The molecular weight excluding hydrogens is 311 g/mol. The van der Waals surface area contributed by atoms with E-state index in [0.717, 1.165) is 11.1 Å². The number of fused-ring (bicyclic) bond motifs is 1. The first-order valence-electron chi connectivity index (χ1n) is 5.67. The minimum Gasteiger partial charge on any atom is -1.00 e. The van der Waals surface area contributed by atoms with Crippen LogP contribution in [0.1, 0.15) is 17.5 Å². The Balaban J connectivity index is 0.00000133. The number of H-pyrrole nitrogens is 2. The maximum absolute atomic E-state index is 13.1. The zero-order valence-electron chi connectivity index (χ0n) is 9.90. The summed E-state index contributed by atoms with van der Waals surface area (Å²) in [5.41, 5.74) is 2.18. The summed E-state index contributed by atoms with van der Waals surface area (Å²) in [7, 11) is 0. The molecule has 3 N–H and O–H groups in total. The van der Waals surface area contributed by atoms with Crippen LogP contribution in [0, 0.1) is 5.82 Å². The summed E-state index contributed by atoms with van der Waals surface area (Å²) in [4.78, 5) is 6.04. The number of aliphatic hydroxyl groups is 1. The van der Waals surface area contributed by atoms with Gasteiger partial charge >= 0.3 is 0 Å². The van der Waals surface area contributed by atoms with E-state index in [0.29, 0.717) is 11.3 Å². The molecule has 1 heterocycles. The first kappa shape index (κ1) is 13.7. The molecule has 3 nitrogen and oxygen atoms in total. The monoisotopic (exact) mass is 322 g/mol. The fourth-order valence-electron chi connectivity index (χ4n) is 1.99. The molecule has 5 heteroatoms. The Morgan fingerprint density at radius 1 is 1.11 bits per heavy atom. The average molecular weight is 323 g/mol. The predicted molar refractivity (Wildman–Crippen MR) is 65.3 cm³/mol. The molecular formula is C14H12BrFN2O. The van der Waals surface area contributed by atoms with Gasteiger partial charge in [0.1, 0.15) is 5.82 Å². The lowest BCUT2D eigenvalue weighted by Crippen LogP contribution is -3.00. The fourth-order valence-corrected chi connectivity index (χ4v) is 1.99. The number of aromatic amines is 2. The Morgan fingerprint density at radius 3 is 2.58 bits per heavy atom. The van der Waals surface area contributed by atoms with Crippen molar-refractivity contribution in [1.82, 2.24) is 4.98 Å². The Morgan fingerprint density at radius 2 is 1.84 bits per heavy atom. The molecule has 1 aromatic heterocycles. The number of rotatable bonds is 2. The van der Waals surface area contributed by atoms with Gasteiger partial charge in [-0.2, -0.15) is 0 Å². The van der Waals surface area contributed by atoms with Crippen LogP contribution in [0.15, 0.2) is 48.5 Å². The van der Waals surface area contributed by atoms with Crippen molar-refractivity contribution in [3.8, 4) is 0 Å². The normalized spacial score (nSPS) is 12.1. The number of aliphatic hydroxyl groups excluding tert-OH is 1. The van der Waals surface area contributed by atoms with Crippen LogP contribution in [-0.2, 0) is 0 Å². The third kappa shape index (κ3) is 2.67. The van der Waals surface area contributed by atoms with Crippen molar-refractivity contribution in [2.75, 3.05) is 0 Å². The smallest absolute Gasteiger partial charge is 0.287 e. The highest BCUT2D eigenvalue weighted by atomic mass is 79.9. The van der Waals surface area contributed by atoms with Gasteiger partial charge in [0.05, 0.1) is 0 Å². The standard InChI is InChI=1S/C14H11FN2O.BrH/c15-10-6-7-11-12(8-10)17-14(16-11)13(18)9-4-2-1-3-5-9;/h1-8,13,18H,(H,16,17);1H. The Bertz CT molecular complexity index is 684. The molecule has 3 rings (SSSR count). The van der Waals surface area contributed by atoms with Crippen molar-refractivity contribution in [1.29, 1.82) is 0 Å². The lowest BCUT2D eigenvalue weighted by molar-refractivity contribution is -0.366. The highest BCUT2D eigenvalue weighted by Crippen LogP contribution is 2.19. The van der Waals surface area contributed by atoms with Crippen LogP contribution in [0.4, 0.5) is 4.39 Å². The van der Waals surface area contributed by atoms with Gasteiger partial charge in [-0.1, -0.05) is 30.3 Å². The molecule has 0 aliphatic heterocycles. The largest absolute Gasteiger partial charge is 1.00 e. The van der Waals surface area contributed by atoms with Gasteiger partial charge in [0.2, 0.25) is 0 Å². The molecule has 0 aliphatic rings. The molecule has 1 unspecified atom stereocenters. The van der Waals surface area contributed by atoms with E-state index in [1.807, 2.05) is 30.3 Å². The minimum atomic E-state index is -0.776. The Hall–Kier alpha value is -1.72. The number of hydrogen-bond donors (Lipinski definition) is 2. The van der Waals surface area contributed by atoms with Gasteiger partial charge in [-0.25, -0.2) is 14.4 Å². The van der Waals surface area contributed by atoms with E-state index in [9.17, 15) is 9.50 Å². The Kier molecular flexibility index (Phi) is 3.97. The molecule has 0 saturated carbocycles. The number of nitrogens with one attached hydrogen (secondary N) is 2. The summed E-state index contributed by atoms with van der Waals surface area (Å²) >= 11 is 0. The van der Waals surface area contributed by atoms with Crippen LogP contribution in [0.3, 0.4) is 0 Å².